The van der Waals surface area contributed by atoms with Gasteiger partial charge < -0.3 is 9.84 Å². The maximum Gasteiger partial charge on any atom is 0.415 e. The molecule has 2 atom stereocenters. The molecule has 0 bridgehead atoms. The largest absolute Gasteiger partial charge is 0.494 e. The summed E-state index contributed by atoms with van der Waals surface area (Å²) in [6, 6.07) is -0.300. The molecule has 1 aromatic heterocycles. The summed E-state index contributed by atoms with van der Waals surface area (Å²) in [6.45, 7) is 2.77. The molecule has 0 aliphatic rings. The first-order valence-electron chi connectivity index (χ1n) is 5.89. The van der Waals surface area contributed by atoms with Crippen LogP contribution in [-0.2, 0) is 10.0 Å². The SMILES string of the molecule is COc1ccsc1S(=O)(=O)N[C@@H](C(C)C)[C@H](O)C(F)(F)F. The molecule has 2 N–H and O–H groups in total. The lowest BCUT2D eigenvalue weighted by molar-refractivity contribution is -0.213. The zero-order valence-electron chi connectivity index (χ0n) is 11.5. The molecule has 0 fully saturated rings. The Balaban J connectivity index is 3.09. The van der Waals surface area contributed by atoms with Crippen LogP contribution < -0.4 is 9.46 Å². The number of rotatable bonds is 6. The van der Waals surface area contributed by atoms with E-state index in [1.807, 2.05) is 4.72 Å². The molecular formula is C11H16F3NO4S2. The van der Waals surface area contributed by atoms with Crippen molar-refractivity contribution in [1.82, 2.24) is 4.72 Å². The van der Waals surface area contributed by atoms with Crippen molar-refractivity contribution < 1.29 is 31.4 Å². The summed E-state index contributed by atoms with van der Waals surface area (Å²) in [5.74, 6) is -0.723. The van der Waals surface area contributed by atoms with Gasteiger partial charge in [0.05, 0.1) is 13.2 Å². The van der Waals surface area contributed by atoms with Crippen LogP contribution in [0.5, 0.6) is 5.75 Å². The van der Waals surface area contributed by atoms with Crippen LogP contribution in [0, 0.1) is 5.92 Å². The van der Waals surface area contributed by atoms with Gasteiger partial charge in [0.25, 0.3) is 10.0 Å². The molecule has 0 amide bonds. The summed E-state index contributed by atoms with van der Waals surface area (Å²) in [4.78, 5) is 0. The molecule has 122 valence electrons. The maximum atomic E-state index is 12.6. The summed E-state index contributed by atoms with van der Waals surface area (Å²) < 4.78 is 68.7. The second-order valence-corrected chi connectivity index (χ2v) is 7.48. The van der Waals surface area contributed by atoms with Crippen molar-refractivity contribution in [3.63, 3.8) is 0 Å². The number of methoxy groups -OCH3 is 1. The number of alkyl halides is 3. The predicted molar refractivity (Wildman–Crippen MR) is 71.9 cm³/mol. The van der Waals surface area contributed by atoms with Gasteiger partial charge in [-0.15, -0.1) is 11.3 Å². The fraction of sp³-hybridized carbons (Fsp3) is 0.636. The minimum atomic E-state index is -4.92. The molecule has 0 saturated carbocycles. The molecule has 1 heterocycles. The van der Waals surface area contributed by atoms with Gasteiger partial charge in [-0.25, -0.2) is 13.1 Å². The molecule has 0 saturated heterocycles. The number of nitrogens with one attached hydrogen (secondary N) is 1. The molecule has 5 nitrogen and oxygen atoms in total. The summed E-state index contributed by atoms with van der Waals surface area (Å²) in [7, 11) is -2.97. The highest BCUT2D eigenvalue weighted by atomic mass is 32.2. The summed E-state index contributed by atoms with van der Waals surface area (Å²) in [6.07, 6.45) is -7.71. The van der Waals surface area contributed by atoms with Crippen LogP contribution in [-0.4, -0.2) is 39.0 Å². The molecular weight excluding hydrogens is 331 g/mol. The monoisotopic (exact) mass is 347 g/mol. The fourth-order valence-electron chi connectivity index (χ4n) is 1.63. The molecule has 0 unspecified atom stereocenters. The quantitative estimate of drug-likeness (QED) is 0.825. The summed E-state index contributed by atoms with van der Waals surface area (Å²) >= 11 is 0.816. The number of thiophene rings is 1. The molecule has 1 aromatic rings. The van der Waals surface area contributed by atoms with Gasteiger partial charge in [0, 0.05) is 0 Å². The zero-order valence-corrected chi connectivity index (χ0v) is 13.1. The van der Waals surface area contributed by atoms with Crippen LogP contribution in [0.15, 0.2) is 15.7 Å². The molecule has 21 heavy (non-hydrogen) atoms. The third-order valence-electron chi connectivity index (χ3n) is 2.74. The van der Waals surface area contributed by atoms with Gasteiger partial charge in [-0.1, -0.05) is 13.8 Å². The lowest BCUT2D eigenvalue weighted by Crippen LogP contribution is -2.52. The van der Waals surface area contributed by atoms with Gasteiger partial charge in [0.2, 0.25) is 0 Å². The normalized spacial score (nSPS) is 16.0. The Labute approximate surface area is 124 Å². The van der Waals surface area contributed by atoms with E-state index in [2.05, 4.69) is 0 Å². The third-order valence-corrected chi connectivity index (χ3v) is 5.65. The minimum Gasteiger partial charge on any atom is -0.494 e. The first-order chi connectivity index (χ1) is 9.50. The highest BCUT2D eigenvalue weighted by Crippen LogP contribution is 2.31. The Bertz CT molecular complexity index is 568. The van der Waals surface area contributed by atoms with E-state index in [-0.39, 0.29) is 9.96 Å². The Kier molecular flexibility index (Phi) is 5.64. The van der Waals surface area contributed by atoms with E-state index < -0.39 is 34.3 Å². The van der Waals surface area contributed by atoms with Gasteiger partial charge in [0.15, 0.2) is 10.3 Å². The maximum absolute atomic E-state index is 12.6. The van der Waals surface area contributed by atoms with E-state index in [1.165, 1.54) is 32.4 Å². The second kappa shape index (κ2) is 6.51. The number of halogens is 3. The predicted octanol–water partition coefficient (Wildman–Crippen LogP) is 1.98. The molecule has 0 aliphatic heterocycles. The van der Waals surface area contributed by atoms with Crippen LogP contribution in [0.1, 0.15) is 13.8 Å². The highest BCUT2D eigenvalue weighted by molar-refractivity contribution is 7.91. The molecule has 0 spiro atoms. The van der Waals surface area contributed by atoms with Crippen molar-refractivity contribution in [3.05, 3.63) is 11.4 Å². The fourth-order valence-corrected chi connectivity index (χ4v) is 4.32. The van der Waals surface area contributed by atoms with E-state index >= 15 is 0 Å². The van der Waals surface area contributed by atoms with Gasteiger partial charge in [-0.3, -0.25) is 0 Å². The zero-order chi connectivity index (χ0) is 16.4. The Morgan fingerprint density at radius 3 is 2.38 bits per heavy atom. The van der Waals surface area contributed by atoms with Crippen molar-refractivity contribution in [1.29, 1.82) is 0 Å². The number of aliphatic hydroxyl groups is 1. The van der Waals surface area contributed by atoms with Gasteiger partial charge in [-0.05, 0) is 17.4 Å². The number of hydrogen-bond acceptors (Lipinski definition) is 5. The van der Waals surface area contributed by atoms with Gasteiger partial charge in [-0.2, -0.15) is 13.2 Å². The van der Waals surface area contributed by atoms with Crippen molar-refractivity contribution in [3.8, 4) is 5.75 Å². The standard InChI is InChI=1S/C11H16F3NO4S2/c1-6(2)8(9(16)11(12,13)14)15-21(17,18)10-7(19-3)4-5-20-10/h4-6,8-9,15-16H,1-3H3/t8-,9-/m0/s1. The highest BCUT2D eigenvalue weighted by Gasteiger charge is 2.46. The van der Waals surface area contributed by atoms with Crippen LogP contribution in [0.4, 0.5) is 13.2 Å². The van der Waals surface area contributed by atoms with E-state index in [1.54, 1.807) is 0 Å². The molecule has 0 aromatic carbocycles. The minimum absolute atomic E-state index is 0.0384. The number of hydrogen-bond donors (Lipinski definition) is 2. The van der Waals surface area contributed by atoms with Crippen LogP contribution in [0.3, 0.4) is 0 Å². The first kappa shape index (κ1) is 18.2. The second-order valence-electron chi connectivity index (χ2n) is 4.65. The summed E-state index contributed by atoms with van der Waals surface area (Å²) in [5.41, 5.74) is 0. The molecule has 1 rings (SSSR count). The Morgan fingerprint density at radius 1 is 1.38 bits per heavy atom. The topological polar surface area (TPSA) is 75.6 Å². The Morgan fingerprint density at radius 2 is 1.95 bits per heavy atom. The number of sulfonamides is 1. The lowest BCUT2D eigenvalue weighted by Gasteiger charge is -2.28. The van der Waals surface area contributed by atoms with Crippen molar-refractivity contribution in [2.24, 2.45) is 5.92 Å². The van der Waals surface area contributed by atoms with Crippen LogP contribution >= 0.6 is 11.3 Å². The third kappa shape index (κ3) is 4.31. The lowest BCUT2D eigenvalue weighted by atomic mass is 9.99. The van der Waals surface area contributed by atoms with Crippen molar-refractivity contribution >= 4 is 21.4 Å². The van der Waals surface area contributed by atoms with Crippen molar-refractivity contribution in [2.45, 2.75) is 36.4 Å². The van der Waals surface area contributed by atoms with Crippen LogP contribution in [0.2, 0.25) is 0 Å². The molecule has 10 heteroatoms. The van der Waals surface area contributed by atoms with E-state index in [0.717, 1.165) is 11.3 Å². The van der Waals surface area contributed by atoms with Crippen molar-refractivity contribution in [2.75, 3.05) is 7.11 Å². The van der Waals surface area contributed by atoms with E-state index in [9.17, 15) is 26.7 Å². The van der Waals surface area contributed by atoms with Gasteiger partial charge >= 0.3 is 6.18 Å². The molecule has 0 aliphatic carbocycles. The summed E-state index contributed by atoms with van der Waals surface area (Å²) in [5, 5.41) is 10.8. The van der Waals surface area contributed by atoms with E-state index in [0.29, 0.717) is 0 Å². The number of ether oxygens (including phenoxy) is 1. The van der Waals surface area contributed by atoms with Crippen LogP contribution in [0.25, 0.3) is 0 Å². The number of aliphatic hydroxyl groups excluding tert-OH is 1. The van der Waals surface area contributed by atoms with Gasteiger partial charge in [0.1, 0.15) is 5.75 Å². The Hall–Kier alpha value is -0.840. The average Bonchev–Trinajstić information content (AvgIpc) is 2.82. The smallest absolute Gasteiger partial charge is 0.415 e. The average molecular weight is 347 g/mol. The first-order valence-corrected chi connectivity index (χ1v) is 8.25. The molecule has 0 radical (unpaired) electrons. The van der Waals surface area contributed by atoms with E-state index in [4.69, 9.17) is 4.74 Å².